The molecule has 1 aliphatic carbocycles. The molecule has 0 aromatic heterocycles. The number of benzene rings is 1. The number of rotatable bonds is 4. The zero-order valence-corrected chi connectivity index (χ0v) is 16.7. The van der Waals surface area contributed by atoms with E-state index in [1.165, 1.54) is 83.4 Å². The van der Waals surface area contributed by atoms with Gasteiger partial charge in [0.15, 0.2) is 0 Å². The Morgan fingerprint density at radius 3 is 2.12 bits per heavy atom. The molecule has 26 heavy (non-hydrogen) atoms. The summed E-state index contributed by atoms with van der Waals surface area (Å²) in [5, 5.41) is 0. The molecule has 2 aliphatic heterocycles. The predicted octanol–water partition coefficient (Wildman–Crippen LogP) is 3.85. The van der Waals surface area contributed by atoms with Gasteiger partial charge in [0.25, 0.3) is 0 Å². The van der Waals surface area contributed by atoms with Gasteiger partial charge in [-0.15, -0.1) is 0 Å². The quantitative estimate of drug-likeness (QED) is 0.812. The van der Waals surface area contributed by atoms with Gasteiger partial charge < -0.3 is 0 Å². The largest absolute Gasteiger partial charge is 0.299 e. The fraction of sp³-hybridized carbons (Fsp3) is 0.739. The fourth-order valence-electron chi connectivity index (χ4n) is 5.56. The minimum Gasteiger partial charge on any atom is -0.299 e. The molecule has 2 saturated heterocycles. The van der Waals surface area contributed by atoms with Crippen LogP contribution >= 0.6 is 0 Å². The van der Waals surface area contributed by atoms with Crippen LogP contribution in [0.3, 0.4) is 0 Å². The Labute approximate surface area is 160 Å². The van der Waals surface area contributed by atoms with Crippen molar-refractivity contribution in [3.05, 3.63) is 35.9 Å². The van der Waals surface area contributed by atoms with Gasteiger partial charge in [0.1, 0.15) is 0 Å². The van der Waals surface area contributed by atoms with Crippen molar-refractivity contribution in [1.82, 2.24) is 14.7 Å². The van der Waals surface area contributed by atoms with Crippen LogP contribution in [0, 0.1) is 5.92 Å². The number of piperazine rings is 1. The molecular weight excluding hydrogens is 318 g/mol. The number of hydrogen-bond donors (Lipinski definition) is 0. The van der Waals surface area contributed by atoms with Crippen molar-refractivity contribution < 1.29 is 0 Å². The van der Waals surface area contributed by atoms with E-state index in [1.807, 2.05) is 0 Å². The molecule has 3 heteroatoms. The molecule has 3 aliphatic rings. The molecule has 144 valence electrons. The highest BCUT2D eigenvalue weighted by molar-refractivity contribution is 5.14. The summed E-state index contributed by atoms with van der Waals surface area (Å²) >= 11 is 0. The molecule has 0 amide bonds. The number of likely N-dealkylation sites (tertiary alicyclic amines) is 1. The summed E-state index contributed by atoms with van der Waals surface area (Å²) in [6, 6.07) is 12.7. The average Bonchev–Trinajstić information content (AvgIpc) is 2.70. The van der Waals surface area contributed by atoms with Gasteiger partial charge in [-0.05, 0) is 50.3 Å². The van der Waals surface area contributed by atoms with Gasteiger partial charge in [0.05, 0.1) is 0 Å². The molecule has 0 bridgehead atoms. The first kappa shape index (κ1) is 18.5. The van der Waals surface area contributed by atoms with E-state index >= 15 is 0 Å². The SMILES string of the molecule is C[C@@H]1CCCC[C@@H]1N1CCN(C2CCN(Cc3ccccc3)CC2)CC1. The molecule has 2 heterocycles. The Balaban J connectivity index is 1.21. The normalized spacial score (nSPS) is 30.5. The molecule has 3 fully saturated rings. The topological polar surface area (TPSA) is 9.72 Å². The zero-order chi connectivity index (χ0) is 17.8. The van der Waals surface area contributed by atoms with Crippen molar-refractivity contribution in [2.24, 2.45) is 5.92 Å². The lowest BCUT2D eigenvalue weighted by Crippen LogP contribution is -2.56. The van der Waals surface area contributed by atoms with Crippen molar-refractivity contribution in [3.8, 4) is 0 Å². The Kier molecular flexibility index (Phi) is 6.29. The van der Waals surface area contributed by atoms with Gasteiger partial charge in [0.2, 0.25) is 0 Å². The number of nitrogens with zero attached hydrogens (tertiary/aromatic N) is 3. The Morgan fingerprint density at radius 1 is 0.769 bits per heavy atom. The van der Waals surface area contributed by atoms with Crippen LogP contribution in [0.15, 0.2) is 30.3 Å². The van der Waals surface area contributed by atoms with Crippen LogP contribution in [-0.4, -0.2) is 66.1 Å². The minimum atomic E-state index is 0.827. The highest BCUT2D eigenvalue weighted by Crippen LogP contribution is 2.29. The third-order valence-electron chi connectivity index (χ3n) is 7.21. The third kappa shape index (κ3) is 4.49. The maximum atomic E-state index is 2.82. The van der Waals surface area contributed by atoms with Crippen LogP contribution in [0.1, 0.15) is 51.0 Å². The first-order valence-corrected chi connectivity index (χ1v) is 11.0. The number of piperidine rings is 1. The minimum absolute atomic E-state index is 0.827. The van der Waals surface area contributed by atoms with E-state index in [2.05, 4.69) is 52.0 Å². The molecule has 0 N–H and O–H groups in total. The van der Waals surface area contributed by atoms with Crippen LogP contribution in [-0.2, 0) is 6.54 Å². The molecule has 0 radical (unpaired) electrons. The van der Waals surface area contributed by atoms with Crippen LogP contribution < -0.4 is 0 Å². The second-order valence-corrected chi connectivity index (χ2v) is 8.89. The predicted molar refractivity (Wildman–Crippen MR) is 109 cm³/mol. The maximum absolute atomic E-state index is 2.82. The molecule has 4 rings (SSSR count). The fourth-order valence-corrected chi connectivity index (χ4v) is 5.56. The molecular formula is C23H37N3. The summed E-state index contributed by atoms with van der Waals surface area (Å²) in [4.78, 5) is 8.28. The van der Waals surface area contributed by atoms with Gasteiger partial charge in [-0.25, -0.2) is 0 Å². The van der Waals surface area contributed by atoms with Gasteiger partial charge in [-0.3, -0.25) is 14.7 Å². The molecule has 2 atom stereocenters. The van der Waals surface area contributed by atoms with Crippen LogP contribution in [0.4, 0.5) is 0 Å². The summed E-state index contributed by atoms with van der Waals surface area (Å²) < 4.78 is 0. The van der Waals surface area contributed by atoms with E-state index in [9.17, 15) is 0 Å². The standard InChI is InChI=1S/C23H37N3/c1-20-7-5-6-10-23(20)26-17-15-25(16-18-26)22-11-13-24(14-12-22)19-21-8-3-2-4-9-21/h2-4,8-9,20,22-23H,5-7,10-19H2,1H3/t20-,23+/m1/s1. The summed E-state index contributed by atoms with van der Waals surface area (Å²) in [6.07, 6.45) is 8.51. The summed E-state index contributed by atoms with van der Waals surface area (Å²) in [6.45, 7) is 11.3. The van der Waals surface area contributed by atoms with Crippen LogP contribution in [0.5, 0.6) is 0 Å². The zero-order valence-electron chi connectivity index (χ0n) is 16.7. The Bertz CT molecular complexity index is 530. The van der Waals surface area contributed by atoms with Gasteiger partial charge >= 0.3 is 0 Å². The maximum Gasteiger partial charge on any atom is 0.0233 e. The summed E-state index contributed by atoms with van der Waals surface area (Å²) in [5.41, 5.74) is 1.46. The molecule has 0 unspecified atom stereocenters. The lowest BCUT2D eigenvalue weighted by molar-refractivity contribution is 0.0206. The Hall–Kier alpha value is -0.900. The van der Waals surface area contributed by atoms with Gasteiger partial charge in [0, 0.05) is 44.8 Å². The van der Waals surface area contributed by atoms with E-state index in [4.69, 9.17) is 0 Å². The molecule has 1 aromatic carbocycles. The number of hydrogen-bond acceptors (Lipinski definition) is 3. The van der Waals surface area contributed by atoms with Crippen LogP contribution in [0.2, 0.25) is 0 Å². The van der Waals surface area contributed by atoms with E-state index in [0.717, 1.165) is 24.5 Å². The van der Waals surface area contributed by atoms with E-state index in [1.54, 1.807) is 0 Å². The van der Waals surface area contributed by atoms with Crippen molar-refractivity contribution in [1.29, 1.82) is 0 Å². The second-order valence-electron chi connectivity index (χ2n) is 8.89. The lowest BCUT2D eigenvalue weighted by Gasteiger charge is -2.46. The van der Waals surface area contributed by atoms with Crippen molar-refractivity contribution in [2.45, 2.75) is 64.1 Å². The van der Waals surface area contributed by atoms with E-state index in [-0.39, 0.29) is 0 Å². The van der Waals surface area contributed by atoms with E-state index < -0.39 is 0 Å². The van der Waals surface area contributed by atoms with Crippen LogP contribution in [0.25, 0.3) is 0 Å². The van der Waals surface area contributed by atoms with Crippen molar-refractivity contribution in [2.75, 3.05) is 39.3 Å². The monoisotopic (exact) mass is 355 g/mol. The first-order valence-electron chi connectivity index (χ1n) is 11.0. The molecule has 3 nitrogen and oxygen atoms in total. The average molecular weight is 356 g/mol. The van der Waals surface area contributed by atoms with Crippen molar-refractivity contribution >= 4 is 0 Å². The summed E-state index contributed by atoms with van der Waals surface area (Å²) in [5.74, 6) is 0.913. The second kappa shape index (κ2) is 8.86. The molecule has 1 saturated carbocycles. The highest BCUT2D eigenvalue weighted by atomic mass is 15.3. The Morgan fingerprint density at radius 2 is 1.42 bits per heavy atom. The lowest BCUT2D eigenvalue weighted by atomic mass is 9.84. The summed E-state index contributed by atoms with van der Waals surface area (Å²) in [7, 11) is 0. The van der Waals surface area contributed by atoms with Gasteiger partial charge in [-0.1, -0.05) is 50.1 Å². The van der Waals surface area contributed by atoms with Crippen molar-refractivity contribution in [3.63, 3.8) is 0 Å². The highest BCUT2D eigenvalue weighted by Gasteiger charge is 2.32. The first-order chi connectivity index (χ1) is 12.8. The molecule has 1 aromatic rings. The third-order valence-corrected chi connectivity index (χ3v) is 7.21. The van der Waals surface area contributed by atoms with Gasteiger partial charge in [-0.2, -0.15) is 0 Å². The smallest absolute Gasteiger partial charge is 0.0233 e. The molecule has 0 spiro atoms. The van der Waals surface area contributed by atoms with E-state index in [0.29, 0.717) is 0 Å².